The van der Waals surface area contributed by atoms with Crippen molar-refractivity contribution in [2.75, 3.05) is 6.54 Å². The lowest BCUT2D eigenvalue weighted by Gasteiger charge is -2.10. The Morgan fingerprint density at radius 1 is 1.58 bits per heavy atom. The Balaban J connectivity index is 3.09. The number of hydrogen-bond acceptors (Lipinski definition) is 2. The standard InChI is InChI=1S/C10H18N2/c1-3-7-10(2)12-9-6-4-5-8-11/h3,10,12H,1,4-7,9H2,2H3. The maximum Gasteiger partial charge on any atom is 0.0621 e. The number of unbranched alkanes of at least 4 members (excludes halogenated alkanes) is 2. The average molecular weight is 166 g/mol. The van der Waals surface area contributed by atoms with E-state index in [9.17, 15) is 0 Å². The van der Waals surface area contributed by atoms with E-state index in [2.05, 4.69) is 24.9 Å². The third-order valence-electron chi connectivity index (χ3n) is 1.73. The van der Waals surface area contributed by atoms with Gasteiger partial charge in [0.2, 0.25) is 0 Å². The van der Waals surface area contributed by atoms with Gasteiger partial charge in [0.15, 0.2) is 0 Å². The van der Waals surface area contributed by atoms with Crippen LogP contribution in [0.25, 0.3) is 0 Å². The van der Waals surface area contributed by atoms with Crippen molar-refractivity contribution in [3.05, 3.63) is 12.7 Å². The van der Waals surface area contributed by atoms with E-state index in [1.165, 1.54) is 0 Å². The van der Waals surface area contributed by atoms with Crippen molar-refractivity contribution in [3.8, 4) is 6.07 Å². The predicted molar refractivity (Wildman–Crippen MR) is 51.7 cm³/mol. The zero-order valence-electron chi connectivity index (χ0n) is 7.84. The first-order chi connectivity index (χ1) is 5.81. The molecule has 0 aliphatic heterocycles. The van der Waals surface area contributed by atoms with Crippen molar-refractivity contribution < 1.29 is 0 Å². The molecule has 0 spiro atoms. The first-order valence-electron chi connectivity index (χ1n) is 4.52. The van der Waals surface area contributed by atoms with Gasteiger partial charge in [0.1, 0.15) is 0 Å². The molecule has 0 aromatic rings. The Labute approximate surface area is 75.3 Å². The van der Waals surface area contributed by atoms with Gasteiger partial charge in [-0.25, -0.2) is 0 Å². The number of hydrogen-bond donors (Lipinski definition) is 1. The van der Waals surface area contributed by atoms with Gasteiger partial charge in [-0.3, -0.25) is 0 Å². The van der Waals surface area contributed by atoms with Crippen LogP contribution >= 0.6 is 0 Å². The molecule has 0 bridgehead atoms. The molecule has 0 rings (SSSR count). The molecule has 0 saturated carbocycles. The first kappa shape index (κ1) is 11.2. The topological polar surface area (TPSA) is 35.8 Å². The maximum atomic E-state index is 8.28. The number of nitrogens with one attached hydrogen (secondary N) is 1. The second-order valence-electron chi connectivity index (χ2n) is 2.99. The summed E-state index contributed by atoms with van der Waals surface area (Å²) in [5, 5.41) is 11.6. The Bertz CT molecular complexity index is 146. The van der Waals surface area contributed by atoms with Gasteiger partial charge >= 0.3 is 0 Å². The molecule has 0 aliphatic rings. The summed E-state index contributed by atoms with van der Waals surface area (Å²) in [5.41, 5.74) is 0. The van der Waals surface area contributed by atoms with E-state index in [0.717, 1.165) is 25.8 Å². The number of rotatable bonds is 7. The first-order valence-corrected chi connectivity index (χ1v) is 4.52. The lowest BCUT2D eigenvalue weighted by Crippen LogP contribution is -2.26. The summed E-state index contributed by atoms with van der Waals surface area (Å²) in [6.07, 6.45) is 5.71. The summed E-state index contributed by atoms with van der Waals surface area (Å²) in [7, 11) is 0. The van der Waals surface area contributed by atoms with Crippen LogP contribution in [0.15, 0.2) is 12.7 Å². The van der Waals surface area contributed by atoms with E-state index in [-0.39, 0.29) is 0 Å². The van der Waals surface area contributed by atoms with Crippen molar-refractivity contribution in [1.82, 2.24) is 5.32 Å². The average Bonchev–Trinajstić information content (AvgIpc) is 2.05. The van der Waals surface area contributed by atoms with Crippen LogP contribution in [0.5, 0.6) is 0 Å². The minimum absolute atomic E-state index is 0.518. The van der Waals surface area contributed by atoms with Gasteiger partial charge in [-0.2, -0.15) is 5.26 Å². The summed E-state index contributed by atoms with van der Waals surface area (Å²) < 4.78 is 0. The lowest BCUT2D eigenvalue weighted by atomic mass is 10.2. The van der Waals surface area contributed by atoms with Gasteiger partial charge < -0.3 is 5.32 Å². The van der Waals surface area contributed by atoms with Gasteiger partial charge in [0.05, 0.1) is 6.07 Å². The highest BCUT2D eigenvalue weighted by Gasteiger charge is 1.96. The highest BCUT2D eigenvalue weighted by Crippen LogP contribution is 1.94. The van der Waals surface area contributed by atoms with E-state index in [1.54, 1.807) is 0 Å². The molecule has 0 aromatic heterocycles. The van der Waals surface area contributed by atoms with Gasteiger partial charge in [-0.05, 0) is 32.7 Å². The SMILES string of the molecule is C=CCC(C)NCCCCC#N. The van der Waals surface area contributed by atoms with E-state index >= 15 is 0 Å². The summed E-state index contributed by atoms with van der Waals surface area (Å²) in [6.45, 7) is 6.83. The molecule has 0 aliphatic carbocycles. The second kappa shape index (κ2) is 8.29. The Morgan fingerprint density at radius 2 is 2.33 bits per heavy atom. The summed E-state index contributed by atoms with van der Waals surface area (Å²) >= 11 is 0. The van der Waals surface area contributed by atoms with Crippen LogP contribution in [-0.2, 0) is 0 Å². The zero-order chi connectivity index (χ0) is 9.23. The van der Waals surface area contributed by atoms with Gasteiger partial charge in [0.25, 0.3) is 0 Å². The molecule has 2 nitrogen and oxygen atoms in total. The molecule has 0 fully saturated rings. The predicted octanol–water partition coefficient (Wildman–Crippen LogP) is 2.23. The smallest absolute Gasteiger partial charge is 0.0621 e. The van der Waals surface area contributed by atoms with Crippen molar-refractivity contribution in [2.24, 2.45) is 0 Å². The quantitative estimate of drug-likeness (QED) is 0.465. The molecule has 2 heteroatoms. The van der Waals surface area contributed by atoms with Gasteiger partial charge in [0, 0.05) is 12.5 Å². The Kier molecular flexibility index (Phi) is 7.73. The van der Waals surface area contributed by atoms with Crippen LogP contribution < -0.4 is 5.32 Å². The highest BCUT2D eigenvalue weighted by molar-refractivity contribution is 4.74. The van der Waals surface area contributed by atoms with E-state index in [4.69, 9.17) is 5.26 Å². The van der Waals surface area contributed by atoms with Crippen LogP contribution in [0, 0.1) is 11.3 Å². The minimum Gasteiger partial charge on any atom is -0.314 e. The Hall–Kier alpha value is -0.810. The summed E-state index contributed by atoms with van der Waals surface area (Å²) in [4.78, 5) is 0. The van der Waals surface area contributed by atoms with Crippen molar-refractivity contribution in [2.45, 2.75) is 38.6 Å². The summed E-state index contributed by atoms with van der Waals surface area (Å²) in [6, 6.07) is 2.66. The molecule has 0 saturated heterocycles. The molecule has 0 radical (unpaired) electrons. The monoisotopic (exact) mass is 166 g/mol. The van der Waals surface area contributed by atoms with Crippen LogP contribution in [0.4, 0.5) is 0 Å². The maximum absolute atomic E-state index is 8.28. The van der Waals surface area contributed by atoms with Gasteiger partial charge in [-0.15, -0.1) is 6.58 Å². The third-order valence-corrected chi connectivity index (χ3v) is 1.73. The van der Waals surface area contributed by atoms with E-state index in [0.29, 0.717) is 12.5 Å². The fourth-order valence-corrected chi connectivity index (χ4v) is 1.01. The van der Waals surface area contributed by atoms with Crippen LogP contribution in [0.3, 0.4) is 0 Å². The third kappa shape index (κ3) is 7.30. The number of nitrogens with zero attached hydrogens (tertiary/aromatic N) is 1. The molecule has 1 atom stereocenters. The zero-order valence-corrected chi connectivity index (χ0v) is 7.84. The molecular weight excluding hydrogens is 148 g/mol. The molecule has 68 valence electrons. The van der Waals surface area contributed by atoms with Crippen LogP contribution in [0.2, 0.25) is 0 Å². The van der Waals surface area contributed by atoms with Crippen molar-refractivity contribution in [1.29, 1.82) is 5.26 Å². The fourth-order valence-electron chi connectivity index (χ4n) is 1.01. The van der Waals surface area contributed by atoms with Crippen LogP contribution in [-0.4, -0.2) is 12.6 Å². The molecule has 0 amide bonds. The normalized spacial score (nSPS) is 12.0. The molecular formula is C10H18N2. The summed E-state index contributed by atoms with van der Waals surface area (Å²) in [5.74, 6) is 0. The number of nitriles is 1. The molecule has 0 aromatic carbocycles. The highest BCUT2D eigenvalue weighted by atomic mass is 14.9. The van der Waals surface area contributed by atoms with Crippen molar-refractivity contribution >= 4 is 0 Å². The molecule has 1 N–H and O–H groups in total. The fraction of sp³-hybridized carbons (Fsp3) is 0.700. The lowest BCUT2D eigenvalue weighted by molar-refractivity contribution is 0.533. The molecule has 0 heterocycles. The molecule has 1 unspecified atom stereocenters. The van der Waals surface area contributed by atoms with Crippen molar-refractivity contribution in [3.63, 3.8) is 0 Å². The van der Waals surface area contributed by atoms with Crippen LogP contribution in [0.1, 0.15) is 32.6 Å². The second-order valence-corrected chi connectivity index (χ2v) is 2.99. The van der Waals surface area contributed by atoms with E-state index in [1.807, 2.05) is 6.08 Å². The molecule has 12 heavy (non-hydrogen) atoms. The van der Waals surface area contributed by atoms with Gasteiger partial charge in [-0.1, -0.05) is 6.08 Å². The Morgan fingerprint density at radius 3 is 2.92 bits per heavy atom. The minimum atomic E-state index is 0.518. The largest absolute Gasteiger partial charge is 0.314 e. The van der Waals surface area contributed by atoms with E-state index < -0.39 is 0 Å².